The molecule has 0 aromatic heterocycles. The molecule has 0 bridgehead atoms. The largest absolute Gasteiger partial charge is 0.495 e. The lowest BCUT2D eigenvalue weighted by Crippen LogP contribution is -2.59. The van der Waals surface area contributed by atoms with Gasteiger partial charge in [0.2, 0.25) is 23.5 Å². The Morgan fingerprint density at radius 2 is 1.76 bits per heavy atom. The molecule has 5 rings (SSSR count). The number of benzene rings is 1. The van der Waals surface area contributed by atoms with E-state index < -0.39 is 52.6 Å². The number of methoxy groups -OCH3 is 1. The third kappa shape index (κ3) is 9.35. The van der Waals surface area contributed by atoms with Crippen molar-refractivity contribution in [2.24, 2.45) is 16.5 Å². The Hall–Kier alpha value is -3.38. The van der Waals surface area contributed by atoms with Crippen molar-refractivity contribution in [1.82, 2.24) is 20.9 Å². The minimum Gasteiger partial charge on any atom is -0.495 e. The number of ether oxygens (including phenoxy) is 1. The SMILES string of the molecule is CCC[C@H](NC(=O)[C@@H]1CC2(CC(c3cc(Cl)cc(OC)c3Cl)=NO2)CN1C(=O)[C@@H](NC(=O)CC1CCCCC1)C(C)(C)C)C(=O)C(=O)NC1CC1. The van der Waals surface area contributed by atoms with E-state index in [1.807, 2.05) is 27.7 Å². The molecule has 3 fully saturated rings. The fraction of sp³-hybridized carbons (Fsp3) is 0.676. The van der Waals surface area contributed by atoms with E-state index in [2.05, 4.69) is 21.1 Å². The molecule has 4 amide bonds. The fourth-order valence-corrected chi connectivity index (χ4v) is 7.86. The van der Waals surface area contributed by atoms with E-state index in [1.54, 1.807) is 12.1 Å². The van der Waals surface area contributed by atoms with Crippen LogP contribution >= 0.6 is 23.2 Å². The summed E-state index contributed by atoms with van der Waals surface area (Å²) in [5.74, 6) is -2.06. The van der Waals surface area contributed by atoms with Gasteiger partial charge in [-0.2, -0.15) is 0 Å². The lowest BCUT2D eigenvalue weighted by atomic mass is 9.84. The van der Waals surface area contributed by atoms with Gasteiger partial charge in [0.05, 0.1) is 30.4 Å². The second-order valence-electron chi connectivity index (χ2n) is 15.7. The first-order chi connectivity index (χ1) is 24.1. The minimum absolute atomic E-state index is 0.0217. The monoisotopic (exact) mass is 747 g/mol. The van der Waals surface area contributed by atoms with Crippen molar-refractivity contribution in [3.05, 3.63) is 27.7 Å². The maximum absolute atomic E-state index is 14.6. The summed E-state index contributed by atoms with van der Waals surface area (Å²) >= 11 is 13.0. The van der Waals surface area contributed by atoms with Crippen LogP contribution in [0.4, 0.5) is 0 Å². The zero-order valence-corrected chi connectivity index (χ0v) is 31.8. The lowest BCUT2D eigenvalue weighted by Gasteiger charge is -2.36. The topological polar surface area (TPSA) is 156 Å². The molecule has 2 aliphatic heterocycles. The minimum atomic E-state index is -1.12. The van der Waals surface area contributed by atoms with Gasteiger partial charge in [0, 0.05) is 42.0 Å². The highest BCUT2D eigenvalue weighted by molar-refractivity contribution is 6.39. The molecule has 1 aromatic carbocycles. The van der Waals surface area contributed by atoms with Crippen LogP contribution in [0, 0.1) is 11.3 Å². The standard InChI is InChI=1S/C37H51Cl2N5O7/c1-6-10-25(31(46)34(48)40-23-13-14-23)41-33(47)27-19-37(18-26(43-51-37)24-16-22(38)17-28(50-5)30(24)39)20-44(27)35(49)32(36(2,3)4)42-29(45)15-21-11-8-7-9-12-21/h16-17,21,23,25,27,32H,6-15,18-20H2,1-5H3,(H,40,48)(H,41,47)(H,42,45)/t25-,27-,32+,37?/m0/s1. The predicted molar refractivity (Wildman–Crippen MR) is 194 cm³/mol. The highest BCUT2D eigenvalue weighted by atomic mass is 35.5. The molecule has 51 heavy (non-hydrogen) atoms. The number of carbonyl (C=O) groups excluding carboxylic acids is 5. The van der Waals surface area contributed by atoms with Gasteiger partial charge in [0.1, 0.15) is 17.8 Å². The van der Waals surface area contributed by atoms with E-state index in [9.17, 15) is 24.0 Å². The summed E-state index contributed by atoms with van der Waals surface area (Å²) < 4.78 is 5.39. The molecule has 0 radical (unpaired) electrons. The van der Waals surface area contributed by atoms with E-state index >= 15 is 0 Å². The molecule has 1 aromatic rings. The van der Waals surface area contributed by atoms with Crippen molar-refractivity contribution in [3.63, 3.8) is 0 Å². The van der Waals surface area contributed by atoms with Crippen molar-refractivity contribution >= 4 is 58.3 Å². The molecule has 2 saturated carbocycles. The van der Waals surface area contributed by atoms with Gasteiger partial charge in [-0.05, 0) is 49.5 Å². The number of oxime groups is 1. The summed E-state index contributed by atoms with van der Waals surface area (Å²) in [6.45, 7) is 7.44. The van der Waals surface area contributed by atoms with E-state index in [-0.39, 0.29) is 43.7 Å². The summed E-state index contributed by atoms with van der Waals surface area (Å²) in [7, 11) is 1.48. The van der Waals surface area contributed by atoms with Crippen LogP contribution in [-0.4, -0.2) is 83.4 Å². The van der Waals surface area contributed by atoms with Crippen LogP contribution in [0.3, 0.4) is 0 Å². The highest BCUT2D eigenvalue weighted by Gasteiger charge is 2.56. The average molecular weight is 749 g/mol. The number of Topliss-reactive ketones (excluding diaryl/α,β-unsaturated/α-hetero) is 1. The first-order valence-corrected chi connectivity index (χ1v) is 18.9. The van der Waals surface area contributed by atoms with Crippen LogP contribution in [0.25, 0.3) is 0 Å². The predicted octanol–water partition coefficient (Wildman–Crippen LogP) is 5.10. The van der Waals surface area contributed by atoms with Gasteiger partial charge < -0.3 is 30.4 Å². The molecule has 2 heterocycles. The Labute approximate surface area is 310 Å². The Bertz CT molecular complexity index is 1550. The van der Waals surface area contributed by atoms with Gasteiger partial charge in [-0.1, -0.05) is 81.7 Å². The third-order valence-electron chi connectivity index (χ3n) is 10.3. The zero-order valence-electron chi connectivity index (χ0n) is 30.2. The zero-order chi connectivity index (χ0) is 37.1. The molecule has 2 aliphatic carbocycles. The third-order valence-corrected chi connectivity index (χ3v) is 10.9. The quantitative estimate of drug-likeness (QED) is 0.237. The molecule has 1 unspecified atom stereocenters. The Morgan fingerprint density at radius 3 is 2.39 bits per heavy atom. The van der Waals surface area contributed by atoms with Crippen molar-refractivity contribution < 1.29 is 33.5 Å². The van der Waals surface area contributed by atoms with E-state index in [0.29, 0.717) is 39.9 Å². The Morgan fingerprint density at radius 1 is 1.06 bits per heavy atom. The molecule has 14 heteroatoms. The summed E-state index contributed by atoms with van der Waals surface area (Å²) in [6, 6.07) is 0.106. The lowest BCUT2D eigenvalue weighted by molar-refractivity contribution is -0.145. The van der Waals surface area contributed by atoms with E-state index in [4.69, 9.17) is 32.8 Å². The summed E-state index contributed by atoms with van der Waals surface area (Å²) in [6.07, 6.45) is 8.30. The maximum Gasteiger partial charge on any atom is 0.289 e. The van der Waals surface area contributed by atoms with Gasteiger partial charge >= 0.3 is 0 Å². The second kappa shape index (κ2) is 16.1. The van der Waals surface area contributed by atoms with Crippen LogP contribution < -0.4 is 20.7 Å². The summed E-state index contributed by atoms with van der Waals surface area (Å²) in [5.41, 5.74) is -0.853. The number of likely N-dealkylation sites (tertiary alicyclic amines) is 1. The van der Waals surface area contributed by atoms with Crippen LogP contribution in [0.5, 0.6) is 5.75 Å². The molecule has 280 valence electrons. The molecule has 4 atom stereocenters. The Balaban J connectivity index is 1.41. The number of ketones is 1. The molecule has 1 spiro atoms. The number of nitrogens with zero attached hydrogens (tertiary/aromatic N) is 2. The fourth-order valence-electron chi connectivity index (χ4n) is 7.35. The Kier molecular flexibility index (Phi) is 12.3. The number of rotatable bonds is 13. The normalized spacial score (nSPS) is 23.2. The molecular formula is C37H51Cl2N5O7. The average Bonchev–Trinajstić information content (AvgIpc) is 3.68. The van der Waals surface area contributed by atoms with Crippen molar-refractivity contribution in [3.8, 4) is 5.75 Å². The smallest absolute Gasteiger partial charge is 0.289 e. The van der Waals surface area contributed by atoms with Gasteiger partial charge in [-0.25, -0.2) is 0 Å². The number of nitrogens with one attached hydrogen (secondary N) is 3. The van der Waals surface area contributed by atoms with Crippen molar-refractivity contribution in [1.29, 1.82) is 0 Å². The van der Waals surface area contributed by atoms with Crippen molar-refractivity contribution in [2.75, 3.05) is 13.7 Å². The maximum atomic E-state index is 14.6. The first-order valence-electron chi connectivity index (χ1n) is 18.2. The van der Waals surface area contributed by atoms with Gasteiger partial charge in [-0.15, -0.1) is 0 Å². The van der Waals surface area contributed by atoms with Gasteiger partial charge in [0.15, 0.2) is 5.60 Å². The van der Waals surface area contributed by atoms with Crippen LogP contribution in [0.1, 0.15) is 110 Å². The molecule has 4 aliphatic rings. The number of carbonyl (C=O) groups is 5. The number of amides is 4. The van der Waals surface area contributed by atoms with Gasteiger partial charge in [0.25, 0.3) is 5.91 Å². The molecule has 3 N–H and O–H groups in total. The van der Waals surface area contributed by atoms with E-state index in [1.165, 1.54) is 18.4 Å². The first kappa shape index (κ1) is 38.8. The van der Waals surface area contributed by atoms with Crippen LogP contribution in [0.2, 0.25) is 10.0 Å². The van der Waals surface area contributed by atoms with Crippen LogP contribution in [-0.2, 0) is 28.8 Å². The van der Waals surface area contributed by atoms with Crippen LogP contribution in [0.15, 0.2) is 17.3 Å². The van der Waals surface area contributed by atoms with Gasteiger partial charge in [-0.3, -0.25) is 24.0 Å². The molecule has 12 nitrogen and oxygen atoms in total. The molecular weight excluding hydrogens is 697 g/mol. The second-order valence-corrected chi connectivity index (χ2v) is 16.5. The number of halogens is 2. The van der Waals surface area contributed by atoms with Crippen molar-refractivity contribution in [2.45, 2.75) is 135 Å². The van der Waals surface area contributed by atoms with E-state index in [0.717, 1.165) is 38.5 Å². The number of hydrogen-bond donors (Lipinski definition) is 3. The molecule has 1 saturated heterocycles. The summed E-state index contributed by atoms with van der Waals surface area (Å²) in [5, 5.41) is 13.5. The summed E-state index contributed by atoms with van der Waals surface area (Å²) in [4.78, 5) is 75.7. The highest BCUT2D eigenvalue weighted by Crippen LogP contribution is 2.42. The number of hydrogen-bond acceptors (Lipinski definition) is 8.